The van der Waals surface area contributed by atoms with Gasteiger partial charge in [-0.2, -0.15) is 0 Å². The van der Waals surface area contributed by atoms with Crippen LogP contribution in [0.15, 0.2) is 29.1 Å². The van der Waals surface area contributed by atoms with Crippen molar-refractivity contribution in [2.45, 2.75) is 25.5 Å². The van der Waals surface area contributed by atoms with Crippen LogP contribution < -0.4 is 14.8 Å². The van der Waals surface area contributed by atoms with Crippen molar-refractivity contribution in [3.8, 4) is 11.5 Å². The fraction of sp³-hybridized carbons (Fsp3) is 0.444. The maximum absolute atomic E-state index is 12.8. The fourth-order valence-electron chi connectivity index (χ4n) is 3.10. The van der Waals surface area contributed by atoms with Gasteiger partial charge in [0.2, 0.25) is 0 Å². The van der Waals surface area contributed by atoms with Crippen molar-refractivity contribution in [1.29, 1.82) is 0 Å². The molecule has 1 aromatic heterocycles. The van der Waals surface area contributed by atoms with Gasteiger partial charge < -0.3 is 19.7 Å². The van der Waals surface area contributed by atoms with Gasteiger partial charge in [0.05, 0.1) is 18.3 Å². The third kappa shape index (κ3) is 4.11. The lowest BCUT2D eigenvalue weighted by Gasteiger charge is -2.25. The van der Waals surface area contributed by atoms with E-state index in [4.69, 9.17) is 9.47 Å². The topological polar surface area (TPSA) is 63.7 Å². The standard InChI is InChI=1S/C18H23N3O3S/c1-19-9-15-4-3-7-21(15)18(22)13-5-6-16(17(8-13)23-2)24-10-14-11-25-12-20-14/h5-6,8,11-12,15,19H,3-4,7,9-10H2,1-2H3. The number of ether oxygens (including phenoxy) is 2. The molecule has 0 radical (unpaired) electrons. The van der Waals surface area contributed by atoms with Gasteiger partial charge in [-0.1, -0.05) is 0 Å². The zero-order valence-corrected chi connectivity index (χ0v) is 15.3. The van der Waals surface area contributed by atoms with Crippen LogP contribution in [0.3, 0.4) is 0 Å². The molecule has 2 aromatic rings. The Morgan fingerprint density at radius 3 is 3.04 bits per heavy atom. The van der Waals surface area contributed by atoms with Gasteiger partial charge in [0.1, 0.15) is 6.61 Å². The summed E-state index contributed by atoms with van der Waals surface area (Å²) in [5.74, 6) is 1.22. The average molecular weight is 361 g/mol. The Morgan fingerprint density at radius 1 is 1.44 bits per heavy atom. The summed E-state index contributed by atoms with van der Waals surface area (Å²) in [4.78, 5) is 19.0. The van der Waals surface area contributed by atoms with Crippen molar-refractivity contribution in [1.82, 2.24) is 15.2 Å². The number of carbonyl (C=O) groups is 1. The molecule has 1 saturated heterocycles. The van der Waals surface area contributed by atoms with Crippen LogP contribution >= 0.6 is 11.3 Å². The van der Waals surface area contributed by atoms with Gasteiger partial charge in [0, 0.05) is 30.1 Å². The van der Waals surface area contributed by atoms with E-state index in [-0.39, 0.29) is 11.9 Å². The summed E-state index contributed by atoms with van der Waals surface area (Å²) in [5.41, 5.74) is 3.27. The zero-order chi connectivity index (χ0) is 17.6. The molecule has 1 N–H and O–H groups in total. The molecular weight excluding hydrogens is 338 g/mol. The summed E-state index contributed by atoms with van der Waals surface area (Å²) in [7, 11) is 3.50. The van der Waals surface area contributed by atoms with E-state index < -0.39 is 0 Å². The van der Waals surface area contributed by atoms with E-state index in [2.05, 4.69) is 10.3 Å². The molecule has 1 amide bonds. The minimum absolute atomic E-state index is 0.0436. The number of thiazole rings is 1. The summed E-state index contributed by atoms with van der Waals surface area (Å²) in [6.45, 7) is 2.00. The number of likely N-dealkylation sites (tertiary alicyclic amines) is 1. The Kier molecular flexibility index (Phi) is 5.88. The molecule has 6 nitrogen and oxygen atoms in total. The smallest absolute Gasteiger partial charge is 0.254 e. The number of hydrogen-bond donors (Lipinski definition) is 1. The number of hydrogen-bond acceptors (Lipinski definition) is 6. The summed E-state index contributed by atoms with van der Waals surface area (Å²) in [6, 6.07) is 5.61. The van der Waals surface area contributed by atoms with Crippen LogP contribution in [0.2, 0.25) is 0 Å². The molecule has 0 bridgehead atoms. The number of amides is 1. The third-order valence-electron chi connectivity index (χ3n) is 4.35. The molecule has 7 heteroatoms. The molecule has 1 fully saturated rings. The molecular formula is C18H23N3O3S. The largest absolute Gasteiger partial charge is 0.493 e. The number of methoxy groups -OCH3 is 1. The molecule has 1 aromatic carbocycles. The van der Waals surface area contributed by atoms with E-state index in [1.54, 1.807) is 30.8 Å². The number of nitrogens with one attached hydrogen (secondary N) is 1. The van der Waals surface area contributed by atoms with Crippen LogP contribution in [0.1, 0.15) is 28.9 Å². The first-order chi connectivity index (χ1) is 12.2. The first-order valence-electron chi connectivity index (χ1n) is 8.36. The predicted molar refractivity (Wildman–Crippen MR) is 97.4 cm³/mol. The fourth-order valence-corrected chi connectivity index (χ4v) is 3.64. The maximum Gasteiger partial charge on any atom is 0.254 e. The van der Waals surface area contributed by atoms with E-state index in [1.165, 1.54) is 11.3 Å². The van der Waals surface area contributed by atoms with Crippen molar-refractivity contribution in [3.05, 3.63) is 40.3 Å². The van der Waals surface area contributed by atoms with E-state index in [9.17, 15) is 4.79 Å². The molecule has 2 heterocycles. The monoisotopic (exact) mass is 361 g/mol. The Hall–Kier alpha value is -2.12. The minimum Gasteiger partial charge on any atom is -0.493 e. The Balaban J connectivity index is 1.73. The highest BCUT2D eigenvalue weighted by molar-refractivity contribution is 7.07. The van der Waals surface area contributed by atoms with Gasteiger partial charge in [-0.05, 0) is 38.1 Å². The molecule has 1 aliphatic rings. The Morgan fingerprint density at radius 2 is 2.32 bits per heavy atom. The van der Waals surface area contributed by atoms with Gasteiger partial charge in [-0.15, -0.1) is 11.3 Å². The summed E-state index contributed by atoms with van der Waals surface area (Å²) in [6.07, 6.45) is 2.09. The Bertz CT molecular complexity index is 706. The van der Waals surface area contributed by atoms with Gasteiger partial charge in [-0.25, -0.2) is 4.98 Å². The normalized spacial score (nSPS) is 16.9. The maximum atomic E-state index is 12.8. The number of carbonyl (C=O) groups excluding carboxylic acids is 1. The second-order valence-corrected chi connectivity index (χ2v) is 6.71. The molecule has 3 rings (SSSR count). The van der Waals surface area contributed by atoms with Crippen molar-refractivity contribution in [2.75, 3.05) is 27.2 Å². The van der Waals surface area contributed by atoms with Crippen molar-refractivity contribution in [2.24, 2.45) is 0 Å². The van der Waals surface area contributed by atoms with Crippen LogP contribution in [0.25, 0.3) is 0 Å². The van der Waals surface area contributed by atoms with Gasteiger partial charge in [0.15, 0.2) is 11.5 Å². The van der Waals surface area contributed by atoms with Crippen molar-refractivity contribution >= 4 is 17.2 Å². The molecule has 1 unspecified atom stereocenters. The molecule has 0 aliphatic carbocycles. The lowest BCUT2D eigenvalue weighted by atomic mass is 10.1. The zero-order valence-electron chi connectivity index (χ0n) is 14.5. The SMILES string of the molecule is CNCC1CCCN1C(=O)c1ccc(OCc2cscn2)c(OC)c1. The van der Waals surface area contributed by atoms with Crippen LogP contribution in [0, 0.1) is 0 Å². The van der Waals surface area contributed by atoms with Crippen molar-refractivity contribution in [3.63, 3.8) is 0 Å². The first-order valence-corrected chi connectivity index (χ1v) is 9.30. The average Bonchev–Trinajstić information content (AvgIpc) is 3.31. The van der Waals surface area contributed by atoms with Crippen LogP contribution in [-0.4, -0.2) is 49.1 Å². The number of benzene rings is 1. The highest BCUT2D eigenvalue weighted by atomic mass is 32.1. The van der Waals surface area contributed by atoms with E-state index in [0.717, 1.165) is 31.6 Å². The second-order valence-electron chi connectivity index (χ2n) is 5.99. The highest BCUT2D eigenvalue weighted by Gasteiger charge is 2.29. The summed E-state index contributed by atoms with van der Waals surface area (Å²) < 4.78 is 11.2. The predicted octanol–water partition coefficient (Wildman–Crippen LogP) is 2.55. The Labute approximate surface area is 151 Å². The van der Waals surface area contributed by atoms with E-state index >= 15 is 0 Å². The third-order valence-corrected chi connectivity index (χ3v) is 4.98. The van der Waals surface area contributed by atoms with Crippen molar-refractivity contribution < 1.29 is 14.3 Å². The van der Waals surface area contributed by atoms with E-state index in [1.807, 2.05) is 17.3 Å². The highest BCUT2D eigenvalue weighted by Crippen LogP contribution is 2.30. The molecule has 25 heavy (non-hydrogen) atoms. The van der Waals surface area contributed by atoms with Crippen LogP contribution in [-0.2, 0) is 6.61 Å². The minimum atomic E-state index is 0.0436. The molecule has 1 atom stereocenters. The van der Waals surface area contributed by atoms with Gasteiger partial charge in [0.25, 0.3) is 5.91 Å². The first kappa shape index (κ1) is 17.7. The molecule has 1 aliphatic heterocycles. The second kappa shape index (κ2) is 8.31. The number of aromatic nitrogens is 1. The van der Waals surface area contributed by atoms with Crippen LogP contribution in [0.5, 0.6) is 11.5 Å². The van der Waals surface area contributed by atoms with Gasteiger partial charge in [-0.3, -0.25) is 4.79 Å². The number of rotatable bonds is 7. The number of likely N-dealkylation sites (N-methyl/N-ethyl adjacent to an activating group) is 1. The molecule has 0 spiro atoms. The molecule has 134 valence electrons. The lowest BCUT2D eigenvalue weighted by Crippen LogP contribution is -2.40. The lowest BCUT2D eigenvalue weighted by molar-refractivity contribution is 0.0736. The van der Waals surface area contributed by atoms with E-state index in [0.29, 0.717) is 23.7 Å². The van der Waals surface area contributed by atoms with Gasteiger partial charge >= 0.3 is 0 Å². The van der Waals surface area contributed by atoms with Crippen LogP contribution in [0.4, 0.5) is 0 Å². The summed E-state index contributed by atoms with van der Waals surface area (Å²) in [5, 5.41) is 5.11. The quantitative estimate of drug-likeness (QED) is 0.821. The summed E-state index contributed by atoms with van der Waals surface area (Å²) >= 11 is 1.53. The number of nitrogens with zero attached hydrogens (tertiary/aromatic N) is 2. The molecule has 0 saturated carbocycles.